The third-order valence-corrected chi connectivity index (χ3v) is 4.92. The Morgan fingerprint density at radius 2 is 1.30 bits per heavy atom. The molecule has 0 aliphatic carbocycles. The van der Waals surface area contributed by atoms with Crippen LogP contribution in [-0.4, -0.2) is 17.6 Å². The fraction of sp³-hybridized carbons (Fsp3) is 0.696. The SMILES string of the molecule is CC(C)CCCCCCCCCCCCCNc1ccc(C(=O)O)cc1.[H-].[Na+]. The normalized spacial score (nSPS) is 10.6. The van der Waals surface area contributed by atoms with Crippen molar-refractivity contribution in [2.75, 3.05) is 11.9 Å². The van der Waals surface area contributed by atoms with E-state index < -0.39 is 5.97 Å². The van der Waals surface area contributed by atoms with Crippen molar-refractivity contribution in [1.29, 1.82) is 0 Å². The van der Waals surface area contributed by atoms with Gasteiger partial charge in [-0.2, -0.15) is 0 Å². The number of aromatic carboxylic acids is 1. The minimum Gasteiger partial charge on any atom is -1.00 e. The van der Waals surface area contributed by atoms with Crippen LogP contribution in [0.3, 0.4) is 0 Å². The fourth-order valence-electron chi connectivity index (χ4n) is 3.23. The average Bonchev–Trinajstić information content (AvgIpc) is 2.62. The van der Waals surface area contributed by atoms with Gasteiger partial charge in [0.2, 0.25) is 0 Å². The maximum atomic E-state index is 10.8. The molecule has 1 aromatic rings. The molecule has 0 unspecified atom stereocenters. The first-order valence-corrected chi connectivity index (χ1v) is 10.7. The molecule has 150 valence electrons. The minimum absolute atomic E-state index is 0. The summed E-state index contributed by atoms with van der Waals surface area (Å²) in [4.78, 5) is 10.8. The molecule has 0 amide bonds. The van der Waals surface area contributed by atoms with E-state index in [0.717, 1.165) is 18.2 Å². The molecule has 0 radical (unpaired) electrons. The van der Waals surface area contributed by atoms with Gasteiger partial charge >= 0.3 is 35.5 Å². The third-order valence-electron chi connectivity index (χ3n) is 4.92. The van der Waals surface area contributed by atoms with E-state index in [1.165, 1.54) is 77.0 Å². The van der Waals surface area contributed by atoms with Gasteiger partial charge < -0.3 is 11.8 Å². The quantitative estimate of drug-likeness (QED) is 0.330. The van der Waals surface area contributed by atoms with Crippen LogP contribution in [0.4, 0.5) is 5.69 Å². The van der Waals surface area contributed by atoms with E-state index in [0.29, 0.717) is 5.56 Å². The first-order valence-electron chi connectivity index (χ1n) is 10.7. The fourth-order valence-corrected chi connectivity index (χ4v) is 3.23. The van der Waals surface area contributed by atoms with Gasteiger partial charge in [0, 0.05) is 12.2 Å². The molecule has 0 aromatic heterocycles. The second kappa shape index (κ2) is 17.6. The van der Waals surface area contributed by atoms with Crippen molar-refractivity contribution in [3.05, 3.63) is 29.8 Å². The van der Waals surface area contributed by atoms with Crippen molar-refractivity contribution in [3.8, 4) is 0 Å². The predicted molar refractivity (Wildman–Crippen MR) is 113 cm³/mol. The van der Waals surface area contributed by atoms with E-state index in [2.05, 4.69) is 19.2 Å². The zero-order chi connectivity index (χ0) is 19.0. The van der Waals surface area contributed by atoms with Crippen LogP contribution in [0.15, 0.2) is 24.3 Å². The summed E-state index contributed by atoms with van der Waals surface area (Å²) < 4.78 is 0. The number of carboxylic acid groups (broad SMARTS) is 1. The van der Waals surface area contributed by atoms with Gasteiger partial charge in [0.25, 0.3) is 0 Å². The van der Waals surface area contributed by atoms with E-state index in [4.69, 9.17) is 5.11 Å². The summed E-state index contributed by atoms with van der Waals surface area (Å²) >= 11 is 0. The molecule has 0 fully saturated rings. The topological polar surface area (TPSA) is 49.3 Å². The first-order chi connectivity index (χ1) is 12.6. The number of nitrogens with one attached hydrogen (secondary N) is 1. The molecule has 0 bridgehead atoms. The Kier molecular flexibility index (Phi) is 17.2. The second-order valence-corrected chi connectivity index (χ2v) is 7.88. The summed E-state index contributed by atoms with van der Waals surface area (Å²) in [5.74, 6) is -0.00893. The molecule has 0 atom stereocenters. The molecule has 0 heterocycles. The molecule has 0 saturated carbocycles. The van der Waals surface area contributed by atoms with E-state index >= 15 is 0 Å². The number of carbonyl (C=O) groups is 1. The van der Waals surface area contributed by atoms with Crippen LogP contribution < -0.4 is 34.9 Å². The number of rotatable bonds is 16. The van der Waals surface area contributed by atoms with E-state index in [9.17, 15) is 4.79 Å². The van der Waals surface area contributed by atoms with Crippen LogP contribution in [-0.2, 0) is 0 Å². The van der Waals surface area contributed by atoms with Gasteiger partial charge in [0.05, 0.1) is 5.56 Å². The number of unbranched alkanes of at least 4 members (excludes halogenated alkanes) is 10. The van der Waals surface area contributed by atoms with Crippen molar-refractivity contribution >= 4 is 11.7 Å². The maximum absolute atomic E-state index is 10.8. The van der Waals surface area contributed by atoms with Crippen molar-refractivity contribution in [1.82, 2.24) is 0 Å². The molecule has 0 aliphatic rings. The number of carboxylic acids is 1. The number of benzene rings is 1. The van der Waals surface area contributed by atoms with Gasteiger partial charge in [-0.3, -0.25) is 0 Å². The summed E-state index contributed by atoms with van der Waals surface area (Å²) in [5.41, 5.74) is 1.34. The first kappa shape index (κ1) is 26.5. The Labute approximate surface area is 190 Å². The molecule has 0 aliphatic heterocycles. The number of hydrogen-bond donors (Lipinski definition) is 2. The largest absolute Gasteiger partial charge is 1.00 e. The van der Waals surface area contributed by atoms with Crippen LogP contribution in [0.5, 0.6) is 0 Å². The molecule has 1 rings (SSSR count). The molecule has 0 saturated heterocycles. The molecular weight excluding hydrogens is 345 g/mol. The summed E-state index contributed by atoms with van der Waals surface area (Å²) in [6.45, 7) is 5.59. The van der Waals surface area contributed by atoms with Gasteiger partial charge in [0.1, 0.15) is 0 Å². The molecule has 1 aromatic carbocycles. The second-order valence-electron chi connectivity index (χ2n) is 7.88. The molecule has 0 spiro atoms. The zero-order valence-corrected chi connectivity index (χ0v) is 19.9. The summed E-state index contributed by atoms with van der Waals surface area (Å²) in [5, 5.41) is 12.2. The Morgan fingerprint density at radius 3 is 1.74 bits per heavy atom. The van der Waals surface area contributed by atoms with Crippen LogP contribution in [0.25, 0.3) is 0 Å². The molecule has 3 nitrogen and oxygen atoms in total. The standard InChI is InChI=1S/C23H39NO2.Na.H/c1-20(2)14-12-10-8-6-4-3-5-7-9-11-13-19-24-22-17-15-21(16-18-22)23(25)26;;/h15-18,20,24H,3-14,19H2,1-2H3,(H,25,26);;/q;+1;-1. The Morgan fingerprint density at radius 1 is 0.852 bits per heavy atom. The Bertz CT molecular complexity index is 480. The van der Waals surface area contributed by atoms with E-state index in [-0.39, 0.29) is 31.0 Å². The summed E-state index contributed by atoms with van der Waals surface area (Å²) in [6, 6.07) is 6.97. The number of hydrogen-bond acceptors (Lipinski definition) is 2. The third kappa shape index (κ3) is 15.1. The van der Waals surface area contributed by atoms with Gasteiger partial charge in [0.15, 0.2) is 0 Å². The minimum atomic E-state index is -0.873. The van der Waals surface area contributed by atoms with E-state index in [1.54, 1.807) is 12.1 Å². The van der Waals surface area contributed by atoms with E-state index in [1.807, 2.05) is 12.1 Å². The summed E-state index contributed by atoms with van der Waals surface area (Å²) in [7, 11) is 0. The van der Waals surface area contributed by atoms with Crippen molar-refractivity contribution in [3.63, 3.8) is 0 Å². The van der Waals surface area contributed by atoms with Crippen molar-refractivity contribution in [2.24, 2.45) is 5.92 Å². The van der Waals surface area contributed by atoms with Gasteiger partial charge in [-0.05, 0) is 36.6 Å². The molecule has 27 heavy (non-hydrogen) atoms. The Balaban J connectivity index is 0. The van der Waals surface area contributed by atoms with Crippen LogP contribution in [0, 0.1) is 5.92 Å². The zero-order valence-electron chi connectivity index (χ0n) is 18.9. The molecule has 4 heteroatoms. The average molecular weight is 386 g/mol. The Hall–Kier alpha value is -0.510. The van der Waals surface area contributed by atoms with Gasteiger partial charge in [-0.25, -0.2) is 4.79 Å². The predicted octanol–water partition coefficient (Wildman–Crippen LogP) is 4.25. The maximum Gasteiger partial charge on any atom is 1.00 e. The monoisotopic (exact) mass is 385 g/mol. The summed E-state index contributed by atoms with van der Waals surface area (Å²) in [6.07, 6.45) is 16.4. The van der Waals surface area contributed by atoms with Crippen LogP contribution in [0.1, 0.15) is 103 Å². The van der Waals surface area contributed by atoms with Gasteiger partial charge in [-0.1, -0.05) is 84.5 Å². The van der Waals surface area contributed by atoms with Crippen LogP contribution in [0.2, 0.25) is 0 Å². The number of anilines is 1. The molecule has 2 N–H and O–H groups in total. The van der Waals surface area contributed by atoms with Crippen molar-refractivity contribution in [2.45, 2.75) is 90.9 Å². The van der Waals surface area contributed by atoms with Gasteiger partial charge in [-0.15, -0.1) is 0 Å². The van der Waals surface area contributed by atoms with Crippen LogP contribution >= 0.6 is 0 Å². The smallest absolute Gasteiger partial charge is 1.00 e. The molecular formula is C23H40NNaO2. The van der Waals surface area contributed by atoms with Crippen molar-refractivity contribution < 1.29 is 40.9 Å².